The van der Waals surface area contributed by atoms with E-state index in [2.05, 4.69) is 20.3 Å². The number of carbonyl (C=O) groups is 1. The molecule has 0 aliphatic heterocycles. The zero-order valence-corrected chi connectivity index (χ0v) is 11.4. The van der Waals surface area contributed by atoms with Crippen LogP contribution in [-0.4, -0.2) is 23.3 Å². The average molecular weight is 298 g/mol. The first-order valence-electron chi connectivity index (χ1n) is 5.24. The van der Waals surface area contributed by atoms with Gasteiger partial charge in [-0.05, 0) is 30.3 Å². The Bertz CT molecular complexity index is 602. The van der Waals surface area contributed by atoms with Crippen molar-refractivity contribution < 1.29 is 9.53 Å². The van der Waals surface area contributed by atoms with Crippen LogP contribution in [0, 0.1) is 0 Å². The number of benzene rings is 1. The van der Waals surface area contributed by atoms with Crippen LogP contribution in [0.2, 0.25) is 10.2 Å². The summed E-state index contributed by atoms with van der Waals surface area (Å²) in [5.74, 6) is -0.00150. The molecule has 7 heteroatoms. The molecule has 1 aromatic carbocycles. The SMILES string of the molecule is COC(=O)c1cc(Nc2ccc(Cl)nn2)ccc1Cl. The van der Waals surface area contributed by atoms with E-state index >= 15 is 0 Å². The number of ether oxygens (including phenoxy) is 1. The number of hydrogen-bond acceptors (Lipinski definition) is 5. The second-order valence-corrected chi connectivity index (χ2v) is 4.35. The highest BCUT2D eigenvalue weighted by Crippen LogP contribution is 2.23. The number of nitrogens with one attached hydrogen (secondary N) is 1. The van der Waals surface area contributed by atoms with E-state index in [9.17, 15) is 4.79 Å². The minimum Gasteiger partial charge on any atom is -0.465 e. The molecule has 0 fully saturated rings. The fourth-order valence-corrected chi connectivity index (χ4v) is 1.70. The van der Waals surface area contributed by atoms with Crippen LogP contribution in [0.1, 0.15) is 10.4 Å². The molecule has 1 aromatic heterocycles. The minimum atomic E-state index is -0.504. The summed E-state index contributed by atoms with van der Waals surface area (Å²) >= 11 is 11.6. The summed E-state index contributed by atoms with van der Waals surface area (Å²) in [6.07, 6.45) is 0. The third kappa shape index (κ3) is 3.33. The van der Waals surface area contributed by atoms with Crippen molar-refractivity contribution in [1.82, 2.24) is 10.2 Å². The van der Waals surface area contributed by atoms with Gasteiger partial charge in [0.1, 0.15) is 0 Å². The molecular formula is C12H9Cl2N3O2. The highest BCUT2D eigenvalue weighted by atomic mass is 35.5. The quantitative estimate of drug-likeness (QED) is 0.881. The molecule has 0 unspecified atom stereocenters. The van der Waals surface area contributed by atoms with Crippen LogP contribution in [0.5, 0.6) is 0 Å². The third-order valence-corrected chi connectivity index (χ3v) is 2.81. The van der Waals surface area contributed by atoms with Crippen molar-refractivity contribution >= 4 is 40.7 Å². The highest BCUT2D eigenvalue weighted by molar-refractivity contribution is 6.33. The van der Waals surface area contributed by atoms with Gasteiger partial charge in [-0.1, -0.05) is 23.2 Å². The molecule has 1 N–H and O–H groups in total. The van der Waals surface area contributed by atoms with Crippen LogP contribution in [0.15, 0.2) is 30.3 Å². The van der Waals surface area contributed by atoms with Crippen LogP contribution in [0.3, 0.4) is 0 Å². The number of carbonyl (C=O) groups excluding carboxylic acids is 1. The van der Waals surface area contributed by atoms with Gasteiger partial charge in [-0.15, -0.1) is 10.2 Å². The summed E-state index contributed by atoms with van der Waals surface area (Å²) in [6.45, 7) is 0. The number of halogens is 2. The van der Waals surface area contributed by atoms with Crippen LogP contribution in [-0.2, 0) is 4.74 Å². The van der Waals surface area contributed by atoms with Crippen molar-refractivity contribution in [3.8, 4) is 0 Å². The van der Waals surface area contributed by atoms with Crippen molar-refractivity contribution in [3.05, 3.63) is 46.1 Å². The lowest BCUT2D eigenvalue weighted by Gasteiger charge is -2.08. The summed E-state index contributed by atoms with van der Waals surface area (Å²) in [7, 11) is 1.30. The standard InChI is InChI=1S/C12H9Cl2N3O2/c1-19-12(18)8-6-7(2-3-9(8)13)15-11-5-4-10(14)16-17-11/h2-6H,1H3,(H,15,17). The fraction of sp³-hybridized carbons (Fsp3) is 0.0833. The minimum absolute atomic E-state index is 0.274. The Labute approximate surface area is 119 Å². The molecule has 2 aromatic rings. The number of aromatic nitrogens is 2. The first kappa shape index (κ1) is 13.6. The van der Waals surface area contributed by atoms with E-state index < -0.39 is 5.97 Å². The van der Waals surface area contributed by atoms with Crippen molar-refractivity contribution in [3.63, 3.8) is 0 Å². The van der Waals surface area contributed by atoms with Gasteiger partial charge in [-0.3, -0.25) is 0 Å². The number of methoxy groups -OCH3 is 1. The lowest BCUT2D eigenvalue weighted by Crippen LogP contribution is -2.03. The van der Waals surface area contributed by atoms with Crippen LogP contribution in [0.25, 0.3) is 0 Å². The molecule has 0 atom stereocenters. The molecular weight excluding hydrogens is 289 g/mol. The largest absolute Gasteiger partial charge is 0.465 e. The lowest BCUT2D eigenvalue weighted by molar-refractivity contribution is 0.0601. The molecule has 0 spiro atoms. The predicted octanol–water partition coefficient (Wildman–Crippen LogP) is 3.31. The molecule has 0 saturated heterocycles. The molecule has 0 amide bonds. The second kappa shape index (κ2) is 5.86. The molecule has 0 aliphatic rings. The van der Waals surface area contributed by atoms with Gasteiger partial charge in [0.15, 0.2) is 11.0 Å². The Morgan fingerprint density at radius 1 is 1.21 bits per heavy atom. The van der Waals surface area contributed by atoms with Crippen molar-refractivity contribution in [2.24, 2.45) is 0 Å². The van der Waals surface area contributed by atoms with Crippen LogP contribution >= 0.6 is 23.2 Å². The maximum absolute atomic E-state index is 11.5. The number of hydrogen-bond donors (Lipinski definition) is 1. The van der Waals surface area contributed by atoms with E-state index in [0.717, 1.165) is 0 Å². The van der Waals surface area contributed by atoms with E-state index in [-0.39, 0.29) is 5.56 Å². The maximum atomic E-state index is 11.5. The molecule has 0 aliphatic carbocycles. The highest BCUT2D eigenvalue weighted by Gasteiger charge is 2.11. The van der Waals surface area contributed by atoms with Gasteiger partial charge in [0.25, 0.3) is 0 Å². The van der Waals surface area contributed by atoms with Crippen molar-refractivity contribution in [2.75, 3.05) is 12.4 Å². The van der Waals surface area contributed by atoms with E-state index in [0.29, 0.717) is 21.7 Å². The van der Waals surface area contributed by atoms with Gasteiger partial charge >= 0.3 is 5.97 Å². The molecule has 2 rings (SSSR count). The van der Waals surface area contributed by atoms with E-state index in [4.69, 9.17) is 23.2 Å². The Kier molecular flexibility index (Phi) is 4.19. The maximum Gasteiger partial charge on any atom is 0.339 e. The van der Waals surface area contributed by atoms with Gasteiger partial charge < -0.3 is 10.1 Å². The van der Waals surface area contributed by atoms with E-state index in [1.165, 1.54) is 7.11 Å². The molecule has 19 heavy (non-hydrogen) atoms. The Morgan fingerprint density at radius 2 is 2.00 bits per heavy atom. The molecule has 0 saturated carbocycles. The Balaban J connectivity index is 2.26. The Hall–Kier alpha value is -1.85. The number of rotatable bonds is 3. The molecule has 98 valence electrons. The van der Waals surface area contributed by atoms with Gasteiger partial charge in [-0.25, -0.2) is 4.79 Å². The fourth-order valence-electron chi connectivity index (χ4n) is 1.40. The van der Waals surface area contributed by atoms with Crippen LogP contribution < -0.4 is 5.32 Å². The lowest BCUT2D eigenvalue weighted by atomic mass is 10.2. The van der Waals surface area contributed by atoms with Gasteiger partial charge in [0.2, 0.25) is 0 Å². The van der Waals surface area contributed by atoms with Crippen molar-refractivity contribution in [2.45, 2.75) is 0 Å². The first-order chi connectivity index (χ1) is 9.10. The molecule has 5 nitrogen and oxygen atoms in total. The summed E-state index contributed by atoms with van der Waals surface area (Å²) < 4.78 is 4.64. The number of nitrogens with zero attached hydrogens (tertiary/aromatic N) is 2. The van der Waals surface area contributed by atoms with E-state index in [1.807, 2.05) is 0 Å². The van der Waals surface area contributed by atoms with Crippen LogP contribution in [0.4, 0.5) is 11.5 Å². The third-order valence-electron chi connectivity index (χ3n) is 2.28. The number of anilines is 2. The first-order valence-corrected chi connectivity index (χ1v) is 6.00. The Morgan fingerprint density at radius 3 is 2.63 bits per heavy atom. The van der Waals surface area contributed by atoms with Gasteiger partial charge in [0.05, 0.1) is 17.7 Å². The molecule has 0 bridgehead atoms. The predicted molar refractivity (Wildman–Crippen MR) is 73.1 cm³/mol. The molecule has 0 radical (unpaired) electrons. The zero-order chi connectivity index (χ0) is 13.8. The summed E-state index contributed by atoms with van der Waals surface area (Å²) in [5, 5.41) is 11.2. The normalized spacial score (nSPS) is 10.1. The van der Waals surface area contributed by atoms with E-state index in [1.54, 1.807) is 30.3 Å². The van der Waals surface area contributed by atoms with Gasteiger partial charge in [0, 0.05) is 5.69 Å². The number of esters is 1. The average Bonchev–Trinajstić information content (AvgIpc) is 2.42. The monoisotopic (exact) mass is 297 g/mol. The summed E-state index contributed by atoms with van der Waals surface area (Å²) in [4.78, 5) is 11.5. The summed E-state index contributed by atoms with van der Waals surface area (Å²) in [6, 6.07) is 8.16. The topological polar surface area (TPSA) is 64.1 Å². The second-order valence-electron chi connectivity index (χ2n) is 3.55. The van der Waals surface area contributed by atoms with Gasteiger partial charge in [-0.2, -0.15) is 0 Å². The molecule has 1 heterocycles. The van der Waals surface area contributed by atoms with Crippen molar-refractivity contribution in [1.29, 1.82) is 0 Å². The summed E-state index contributed by atoms with van der Waals surface area (Å²) in [5.41, 5.74) is 0.914. The zero-order valence-electron chi connectivity index (χ0n) is 9.85. The smallest absolute Gasteiger partial charge is 0.339 e.